The van der Waals surface area contributed by atoms with Crippen LogP contribution in [0.4, 0.5) is 36.8 Å². The number of benzene rings is 3. The molecule has 206 valence electrons. The number of para-hydroxylation sites is 1. The second-order valence-electron chi connectivity index (χ2n) is 9.18. The Hall–Kier alpha value is -4.02. The third-order valence-corrected chi connectivity index (χ3v) is 6.37. The summed E-state index contributed by atoms with van der Waals surface area (Å²) in [4.78, 5) is 27.1. The number of hydrogen-bond acceptors (Lipinski definition) is 3. The summed E-state index contributed by atoms with van der Waals surface area (Å²) in [5, 5.41) is 2.60. The second-order valence-corrected chi connectivity index (χ2v) is 9.18. The van der Waals surface area contributed by atoms with Gasteiger partial charge in [-0.1, -0.05) is 48.5 Å². The molecule has 0 aromatic heterocycles. The summed E-state index contributed by atoms with van der Waals surface area (Å²) in [6, 6.07) is 17.7. The van der Waals surface area contributed by atoms with Crippen LogP contribution in [0.2, 0.25) is 0 Å². The molecule has 0 saturated carbocycles. The first kappa shape index (κ1) is 28.0. The van der Waals surface area contributed by atoms with Gasteiger partial charge in [-0.2, -0.15) is 26.3 Å². The van der Waals surface area contributed by atoms with Gasteiger partial charge in [0.25, 0.3) is 5.91 Å². The Morgan fingerprint density at radius 3 is 1.97 bits per heavy atom. The standard InChI is InChI=1S/C28H24F6N2O3/c29-27(30,31)20-14-19(15-21(16-20)28(32,33)34)25(37)36-12-11-24(17-23(36)13-18-7-3-1-4-8-18)39-26(38)35-22-9-5-2-6-10-22/h1-10,14-16,23-24H,11-13,17H2,(H,35,38)/t23-,24+/m1/s1. The largest absolute Gasteiger partial charge is 0.446 e. The molecule has 1 saturated heterocycles. The Labute approximate surface area is 220 Å². The number of nitrogens with zero attached hydrogens (tertiary/aromatic N) is 1. The van der Waals surface area contributed by atoms with Crippen molar-refractivity contribution in [3.05, 3.63) is 101 Å². The molecule has 0 unspecified atom stereocenters. The van der Waals surface area contributed by atoms with E-state index in [2.05, 4.69) is 5.32 Å². The van der Waals surface area contributed by atoms with Crippen LogP contribution in [-0.4, -0.2) is 35.6 Å². The Balaban J connectivity index is 1.58. The van der Waals surface area contributed by atoms with E-state index in [4.69, 9.17) is 4.74 Å². The van der Waals surface area contributed by atoms with Crippen molar-refractivity contribution in [2.45, 2.75) is 43.8 Å². The molecule has 2 amide bonds. The van der Waals surface area contributed by atoms with Gasteiger partial charge in [0, 0.05) is 36.7 Å². The lowest BCUT2D eigenvalue weighted by atomic mass is 9.92. The van der Waals surface area contributed by atoms with Crippen LogP contribution >= 0.6 is 0 Å². The summed E-state index contributed by atoms with van der Waals surface area (Å²) < 4.78 is 85.9. The van der Waals surface area contributed by atoms with Crippen molar-refractivity contribution in [2.24, 2.45) is 0 Å². The first-order valence-electron chi connectivity index (χ1n) is 12.1. The smallest absolute Gasteiger partial charge is 0.416 e. The Bertz CT molecular complexity index is 1260. The third kappa shape index (κ3) is 7.30. The lowest BCUT2D eigenvalue weighted by Crippen LogP contribution is -2.49. The van der Waals surface area contributed by atoms with Crippen LogP contribution in [0.15, 0.2) is 78.9 Å². The molecule has 0 aliphatic carbocycles. The number of hydrogen-bond donors (Lipinski definition) is 1. The second kappa shape index (κ2) is 11.4. The number of nitrogens with one attached hydrogen (secondary N) is 1. The van der Waals surface area contributed by atoms with Crippen molar-refractivity contribution < 1.29 is 40.7 Å². The van der Waals surface area contributed by atoms with Gasteiger partial charge in [-0.05, 0) is 42.3 Å². The van der Waals surface area contributed by atoms with Gasteiger partial charge in [-0.3, -0.25) is 10.1 Å². The molecule has 5 nitrogen and oxygen atoms in total. The monoisotopic (exact) mass is 550 g/mol. The van der Waals surface area contributed by atoms with Crippen molar-refractivity contribution in [2.75, 3.05) is 11.9 Å². The van der Waals surface area contributed by atoms with Crippen molar-refractivity contribution in [1.29, 1.82) is 0 Å². The molecule has 0 bridgehead atoms. The number of anilines is 1. The fourth-order valence-corrected chi connectivity index (χ4v) is 4.53. The summed E-state index contributed by atoms with van der Waals surface area (Å²) in [5.74, 6) is -0.959. The quantitative estimate of drug-likeness (QED) is 0.342. The minimum Gasteiger partial charge on any atom is -0.446 e. The van der Waals surface area contributed by atoms with Gasteiger partial charge in [0.2, 0.25) is 0 Å². The maximum absolute atomic E-state index is 13.4. The molecule has 0 spiro atoms. The number of ether oxygens (including phenoxy) is 1. The molecule has 39 heavy (non-hydrogen) atoms. The van der Waals surface area contributed by atoms with Crippen LogP contribution in [0, 0.1) is 0 Å². The van der Waals surface area contributed by atoms with Gasteiger partial charge in [0.15, 0.2) is 0 Å². The normalized spacial score (nSPS) is 17.9. The SMILES string of the molecule is O=C(Nc1ccccc1)O[C@H]1CCN(C(=O)c2cc(C(F)(F)F)cc(C(F)(F)F)c2)[C@H](Cc2ccccc2)C1. The van der Waals surface area contributed by atoms with E-state index in [0.29, 0.717) is 17.8 Å². The van der Waals surface area contributed by atoms with E-state index < -0.39 is 53.2 Å². The molecule has 1 aliphatic rings. The average Bonchev–Trinajstić information content (AvgIpc) is 2.88. The predicted molar refractivity (Wildman–Crippen MR) is 131 cm³/mol. The van der Waals surface area contributed by atoms with E-state index in [1.54, 1.807) is 60.7 Å². The molecule has 3 aromatic carbocycles. The topological polar surface area (TPSA) is 58.6 Å². The zero-order valence-electron chi connectivity index (χ0n) is 20.4. The van der Waals surface area contributed by atoms with Crippen LogP contribution in [-0.2, 0) is 23.5 Å². The minimum atomic E-state index is -5.08. The van der Waals surface area contributed by atoms with Gasteiger partial charge in [-0.25, -0.2) is 4.79 Å². The minimum absolute atomic E-state index is 0.0103. The highest BCUT2D eigenvalue weighted by Gasteiger charge is 2.39. The number of amides is 2. The molecule has 1 fully saturated rings. The van der Waals surface area contributed by atoms with Crippen molar-refractivity contribution in [3.63, 3.8) is 0 Å². The van der Waals surface area contributed by atoms with Crippen molar-refractivity contribution in [3.8, 4) is 0 Å². The van der Waals surface area contributed by atoms with E-state index >= 15 is 0 Å². The number of carbonyl (C=O) groups excluding carboxylic acids is 2. The summed E-state index contributed by atoms with van der Waals surface area (Å²) >= 11 is 0. The van der Waals surface area contributed by atoms with Crippen LogP contribution in [0.1, 0.15) is 39.9 Å². The summed E-state index contributed by atoms with van der Waals surface area (Å²) in [5.41, 5.74) is -2.51. The highest BCUT2D eigenvalue weighted by molar-refractivity contribution is 5.95. The van der Waals surface area contributed by atoms with Crippen molar-refractivity contribution >= 4 is 17.7 Å². The number of piperidine rings is 1. The van der Waals surface area contributed by atoms with Crippen LogP contribution in [0.5, 0.6) is 0 Å². The fraction of sp³-hybridized carbons (Fsp3) is 0.286. The highest BCUT2D eigenvalue weighted by Crippen LogP contribution is 2.37. The van der Waals surface area contributed by atoms with Crippen LogP contribution < -0.4 is 5.32 Å². The van der Waals surface area contributed by atoms with Gasteiger partial charge in [0.05, 0.1) is 11.1 Å². The predicted octanol–water partition coefficient (Wildman–Crippen LogP) is 7.19. The van der Waals surface area contributed by atoms with Gasteiger partial charge < -0.3 is 9.64 Å². The zero-order chi connectivity index (χ0) is 28.2. The molecule has 0 radical (unpaired) electrons. The maximum Gasteiger partial charge on any atom is 0.416 e. The van der Waals surface area contributed by atoms with Crippen LogP contribution in [0.25, 0.3) is 0 Å². The third-order valence-electron chi connectivity index (χ3n) is 6.37. The molecular weight excluding hydrogens is 526 g/mol. The molecule has 1 aliphatic heterocycles. The van der Waals surface area contributed by atoms with Gasteiger partial charge in [0.1, 0.15) is 6.10 Å². The molecule has 11 heteroatoms. The van der Waals surface area contributed by atoms with E-state index in [0.717, 1.165) is 5.56 Å². The number of carbonyl (C=O) groups is 2. The lowest BCUT2D eigenvalue weighted by molar-refractivity contribution is -0.143. The van der Waals surface area contributed by atoms with Gasteiger partial charge >= 0.3 is 18.4 Å². The first-order valence-corrected chi connectivity index (χ1v) is 12.1. The average molecular weight is 550 g/mol. The Morgan fingerprint density at radius 1 is 0.846 bits per heavy atom. The fourth-order valence-electron chi connectivity index (χ4n) is 4.53. The van der Waals surface area contributed by atoms with E-state index in [1.165, 1.54) is 4.90 Å². The summed E-state index contributed by atoms with van der Waals surface area (Å²) in [7, 11) is 0. The summed E-state index contributed by atoms with van der Waals surface area (Å²) in [6.07, 6.45) is -10.9. The first-order chi connectivity index (χ1) is 18.4. The van der Waals surface area contributed by atoms with E-state index in [9.17, 15) is 35.9 Å². The molecular formula is C28H24F6N2O3. The van der Waals surface area contributed by atoms with Crippen LogP contribution in [0.3, 0.4) is 0 Å². The molecule has 3 aromatic rings. The molecule has 4 rings (SSSR count). The highest BCUT2D eigenvalue weighted by atomic mass is 19.4. The van der Waals surface area contributed by atoms with Gasteiger partial charge in [-0.15, -0.1) is 0 Å². The molecule has 1 heterocycles. The molecule has 2 atom stereocenters. The zero-order valence-corrected chi connectivity index (χ0v) is 20.4. The lowest BCUT2D eigenvalue weighted by Gasteiger charge is -2.39. The Morgan fingerprint density at radius 2 is 1.41 bits per heavy atom. The van der Waals surface area contributed by atoms with Crippen molar-refractivity contribution in [1.82, 2.24) is 4.90 Å². The number of rotatable bonds is 5. The number of likely N-dealkylation sites (tertiary alicyclic amines) is 1. The number of halogens is 6. The summed E-state index contributed by atoms with van der Waals surface area (Å²) in [6.45, 7) is -0.0305. The molecule has 1 N–H and O–H groups in total. The number of alkyl halides is 6. The van der Waals surface area contributed by atoms with E-state index in [-0.39, 0.29) is 31.9 Å². The Kier molecular flexibility index (Phi) is 8.17. The maximum atomic E-state index is 13.4. The van der Waals surface area contributed by atoms with E-state index in [1.807, 2.05) is 0 Å².